The first-order chi connectivity index (χ1) is 30.5. The van der Waals surface area contributed by atoms with E-state index in [-0.39, 0.29) is 67.3 Å². The number of thiazole rings is 1. The minimum Gasteiger partial charge on any atom is -0.508 e. The van der Waals surface area contributed by atoms with Crippen LogP contribution in [0.2, 0.25) is 0 Å². The lowest BCUT2D eigenvalue weighted by Gasteiger charge is -2.40. The van der Waals surface area contributed by atoms with Gasteiger partial charge in [0.05, 0.1) is 12.6 Å². The van der Waals surface area contributed by atoms with Gasteiger partial charge in [-0.15, -0.1) is 11.3 Å². The lowest BCUT2D eigenvalue weighted by atomic mass is 9.92. The molecule has 3 rings (SSSR count). The van der Waals surface area contributed by atoms with Crippen LogP contribution in [0.1, 0.15) is 140 Å². The number of aromatic hydroxyl groups is 1. The van der Waals surface area contributed by atoms with Crippen LogP contribution in [0, 0.1) is 17.8 Å². The maximum absolute atomic E-state index is 14.8. The molecule has 0 aliphatic carbocycles. The van der Waals surface area contributed by atoms with Gasteiger partial charge in [-0.05, 0) is 81.6 Å². The molecule has 2 aromatic rings. The van der Waals surface area contributed by atoms with Gasteiger partial charge in [0.2, 0.25) is 17.7 Å². The summed E-state index contributed by atoms with van der Waals surface area (Å²) in [5.41, 5.74) is 5.45. The molecule has 1 unspecified atom stereocenters. The van der Waals surface area contributed by atoms with Gasteiger partial charge in [0.15, 0.2) is 6.10 Å². The average molecular weight is 916 g/mol. The number of ether oxygens (including phenoxy) is 3. The molecule has 2 heterocycles. The SMILES string of the molecule is CCCCOCN(C(=O)[C@@H](NC(=O)[C@H]1CCCCN1C)C(C)CC)[C@H](C[C@@H](OC(C)=O)c1nc(C(=O)N[C@@H](Cc2ccc(O)cc2)C[C@H](C)C(=O)NNC(=O)OCCC)cs1)C(C)C. The van der Waals surface area contributed by atoms with Crippen molar-refractivity contribution in [2.45, 2.75) is 150 Å². The summed E-state index contributed by atoms with van der Waals surface area (Å²) < 4.78 is 17.0. The molecular weight excluding hydrogens is 843 g/mol. The number of carbonyl (C=O) groups excluding carboxylic acids is 6. The van der Waals surface area contributed by atoms with E-state index in [0.717, 1.165) is 49.1 Å². The molecule has 18 heteroatoms. The normalized spacial score (nSPS) is 16.9. The Balaban J connectivity index is 1.90. The second-order valence-corrected chi connectivity index (χ2v) is 18.1. The summed E-state index contributed by atoms with van der Waals surface area (Å²) >= 11 is 1.14. The number of esters is 1. The number of unbranched alkanes of at least 4 members (excludes halogenated alkanes) is 1. The fraction of sp³-hybridized carbons (Fsp3) is 0.674. The molecule has 64 heavy (non-hydrogen) atoms. The molecule has 1 aliphatic heterocycles. The van der Waals surface area contributed by atoms with Crippen molar-refractivity contribution in [3.63, 3.8) is 0 Å². The van der Waals surface area contributed by atoms with Crippen molar-refractivity contribution in [1.82, 2.24) is 36.3 Å². The van der Waals surface area contributed by atoms with Crippen molar-refractivity contribution in [2.75, 3.05) is 33.5 Å². The predicted octanol–water partition coefficient (Wildman–Crippen LogP) is 6.02. The standard InChI is InChI=1S/C46H73N7O10S/c1-10-13-23-61-28-53(45(59)40(30(6)12-3)49-43(58)37-16-14-15-21-52(37)9)38(29(4)5)26-39(63-32(8)54)44-48-36(27-64-44)42(57)47-34(25-33-17-19-35(55)20-18-33)24-31(7)41(56)50-51-46(60)62-22-11-2/h17-20,27,29-31,34,37-40,55H,10-16,21-26,28H2,1-9H3,(H,47,57)(H,49,58)(H,50,56)(H,51,60)/t30?,31-,34+,37+,38+,39+,40-/m0/s1. The van der Waals surface area contributed by atoms with Gasteiger partial charge in [0, 0.05) is 43.3 Å². The highest BCUT2D eigenvalue weighted by atomic mass is 32.1. The number of aromatic nitrogens is 1. The first kappa shape index (κ1) is 53.5. The van der Waals surface area contributed by atoms with E-state index in [1.165, 1.54) is 19.1 Å². The highest BCUT2D eigenvalue weighted by Gasteiger charge is 2.39. The molecule has 0 radical (unpaired) electrons. The minimum atomic E-state index is -0.942. The summed E-state index contributed by atoms with van der Waals surface area (Å²) in [6.07, 6.45) is 4.50. The number of amides is 5. The highest BCUT2D eigenvalue weighted by molar-refractivity contribution is 7.09. The molecule has 5 amide bonds. The van der Waals surface area contributed by atoms with Gasteiger partial charge in [0.25, 0.3) is 5.91 Å². The quantitative estimate of drug-likeness (QED) is 0.0335. The second kappa shape index (κ2) is 27.5. The van der Waals surface area contributed by atoms with Crippen LogP contribution in [0.5, 0.6) is 5.75 Å². The van der Waals surface area contributed by atoms with Gasteiger partial charge in [-0.25, -0.2) is 15.2 Å². The van der Waals surface area contributed by atoms with E-state index < -0.39 is 54.0 Å². The summed E-state index contributed by atoms with van der Waals surface area (Å²) in [4.78, 5) is 88.4. The van der Waals surface area contributed by atoms with Crippen molar-refractivity contribution in [2.24, 2.45) is 17.8 Å². The van der Waals surface area contributed by atoms with Crippen LogP contribution in [0.25, 0.3) is 0 Å². The number of likely N-dealkylation sites (tertiary alicyclic amines) is 1. The monoisotopic (exact) mass is 916 g/mol. The van der Waals surface area contributed by atoms with Crippen LogP contribution in [0.3, 0.4) is 0 Å². The Hall–Kier alpha value is -4.81. The Kier molecular flexibility index (Phi) is 23.0. The van der Waals surface area contributed by atoms with Crippen LogP contribution < -0.4 is 21.5 Å². The molecule has 0 saturated carbocycles. The van der Waals surface area contributed by atoms with E-state index in [4.69, 9.17) is 14.2 Å². The van der Waals surface area contributed by atoms with E-state index in [1.807, 2.05) is 46.6 Å². The summed E-state index contributed by atoms with van der Waals surface area (Å²) in [5.74, 6) is -2.99. The number of benzene rings is 1. The van der Waals surface area contributed by atoms with Crippen LogP contribution in [0.15, 0.2) is 29.6 Å². The van der Waals surface area contributed by atoms with E-state index in [9.17, 15) is 33.9 Å². The van der Waals surface area contributed by atoms with Gasteiger partial charge in [-0.1, -0.05) is 79.9 Å². The van der Waals surface area contributed by atoms with Crippen molar-refractivity contribution in [3.05, 3.63) is 45.9 Å². The molecule has 1 aromatic heterocycles. The van der Waals surface area contributed by atoms with Gasteiger partial charge in [0.1, 0.15) is 29.2 Å². The lowest BCUT2D eigenvalue weighted by molar-refractivity contribution is -0.153. The summed E-state index contributed by atoms with van der Waals surface area (Å²) in [5, 5.41) is 17.9. The molecule has 0 spiro atoms. The highest BCUT2D eigenvalue weighted by Crippen LogP contribution is 2.32. The van der Waals surface area contributed by atoms with Crippen LogP contribution in [0.4, 0.5) is 4.79 Å². The number of nitrogens with zero attached hydrogens (tertiary/aromatic N) is 3. The molecule has 1 saturated heterocycles. The third-order valence-electron chi connectivity index (χ3n) is 11.5. The Morgan fingerprint density at radius 1 is 0.953 bits per heavy atom. The Bertz CT molecular complexity index is 1790. The maximum atomic E-state index is 14.8. The van der Waals surface area contributed by atoms with Crippen LogP contribution in [-0.2, 0) is 39.8 Å². The zero-order valence-corrected chi connectivity index (χ0v) is 40.1. The van der Waals surface area contributed by atoms with Crippen molar-refractivity contribution in [1.29, 1.82) is 0 Å². The average Bonchev–Trinajstić information content (AvgIpc) is 3.76. The number of phenols is 1. The van der Waals surface area contributed by atoms with E-state index >= 15 is 0 Å². The fourth-order valence-corrected chi connectivity index (χ4v) is 8.38. The zero-order valence-electron chi connectivity index (χ0n) is 39.3. The number of piperidine rings is 1. The van der Waals surface area contributed by atoms with Crippen molar-refractivity contribution >= 4 is 47.0 Å². The number of likely N-dealkylation sites (N-methyl/N-ethyl adjacent to an activating group) is 1. The smallest absolute Gasteiger partial charge is 0.426 e. The second-order valence-electron chi connectivity index (χ2n) is 17.2. The molecule has 1 aliphatic rings. The van der Waals surface area contributed by atoms with E-state index in [0.29, 0.717) is 37.3 Å². The predicted molar refractivity (Wildman–Crippen MR) is 244 cm³/mol. The number of carbonyl (C=O) groups is 6. The number of hydrazine groups is 1. The Morgan fingerprint density at radius 2 is 1.67 bits per heavy atom. The molecule has 7 atom stereocenters. The summed E-state index contributed by atoms with van der Waals surface area (Å²) in [7, 11) is 1.93. The van der Waals surface area contributed by atoms with Gasteiger partial charge in [-0.3, -0.25) is 34.3 Å². The maximum Gasteiger partial charge on any atom is 0.426 e. The number of hydrogen-bond acceptors (Lipinski definition) is 13. The van der Waals surface area contributed by atoms with E-state index in [2.05, 4.69) is 33.4 Å². The number of hydrogen-bond donors (Lipinski definition) is 5. The topological polar surface area (TPSA) is 218 Å². The molecular formula is C46H73N7O10S. The molecule has 0 bridgehead atoms. The Labute approximate surface area is 383 Å². The Morgan fingerprint density at radius 3 is 2.30 bits per heavy atom. The fourth-order valence-electron chi connectivity index (χ4n) is 7.54. The lowest BCUT2D eigenvalue weighted by Crippen LogP contribution is -2.59. The molecule has 358 valence electrons. The summed E-state index contributed by atoms with van der Waals surface area (Å²) in [6.45, 7) is 16.1. The minimum absolute atomic E-state index is 0.0377. The summed E-state index contributed by atoms with van der Waals surface area (Å²) in [6, 6.07) is 4.23. The number of nitrogens with one attached hydrogen (secondary N) is 4. The van der Waals surface area contributed by atoms with Crippen molar-refractivity contribution < 1.29 is 48.1 Å². The third-order valence-corrected chi connectivity index (χ3v) is 12.5. The third kappa shape index (κ3) is 17.3. The number of phenolic OH excluding ortho intramolecular Hbond substituents is 1. The molecule has 5 N–H and O–H groups in total. The first-order valence-corrected chi connectivity index (χ1v) is 23.7. The van der Waals surface area contributed by atoms with Gasteiger partial charge >= 0.3 is 12.1 Å². The molecule has 17 nitrogen and oxygen atoms in total. The van der Waals surface area contributed by atoms with Crippen LogP contribution >= 0.6 is 11.3 Å². The zero-order chi connectivity index (χ0) is 47.3. The molecule has 1 fully saturated rings. The number of rotatable bonds is 25. The largest absolute Gasteiger partial charge is 0.508 e. The first-order valence-electron chi connectivity index (χ1n) is 22.8. The molecule has 1 aromatic carbocycles. The van der Waals surface area contributed by atoms with Crippen LogP contribution in [-0.4, -0.2) is 113 Å². The van der Waals surface area contributed by atoms with Crippen molar-refractivity contribution in [3.8, 4) is 5.75 Å². The van der Waals surface area contributed by atoms with Gasteiger partial charge in [-0.2, -0.15) is 0 Å². The van der Waals surface area contributed by atoms with E-state index in [1.54, 1.807) is 29.3 Å². The van der Waals surface area contributed by atoms with Gasteiger partial charge < -0.3 is 34.9 Å².